The lowest BCUT2D eigenvalue weighted by Crippen LogP contribution is -2.53. The van der Waals surface area contributed by atoms with E-state index in [9.17, 15) is 4.79 Å². The van der Waals surface area contributed by atoms with Crippen LogP contribution in [0.5, 0.6) is 0 Å². The van der Waals surface area contributed by atoms with Crippen LogP contribution in [0, 0.1) is 17.3 Å². The molecule has 2 aliphatic rings. The summed E-state index contributed by atoms with van der Waals surface area (Å²) in [5, 5.41) is 3.40. The van der Waals surface area contributed by atoms with Gasteiger partial charge in [0, 0.05) is 31.6 Å². The molecule has 1 saturated carbocycles. The first-order valence-electron chi connectivity index (χ1n) is 10.2. The molecule has 1 fully saturated rings. The van der Waals surface area contributed by atoms with Crippen LogP contribution in [-0.2, 0) is 17.8 Å². The maximum absolute atomic E-state index is 12.9. The van der Waals surface area contributed by atoms with Crippen LogP contribution < -0.4 is 11.1 Å². The molecular formula is C22H35N3O. The number of nitrogens with one attached hydrogen (secondary N) is 1. The molecule has 1 aliphatic heterocycles. The van der Waals surface area contributed by atoms with Crippen LogP contribution in [0.3, 0.4) is 0 Å². The highest BCUT2D eigenvalue weighted by atomic mass is 16.2. The number of nitrogens with zero attached hydrogens (tertiary/aromatic N) is 1. The van der Waals surface area contributed by atoms with Gasteiger partial charge in [-0.3, -0.25) is 9.69 Å². The maximum Gasteiger partial charge on any atom is 0.223 e. The van der Waals surface area contributed by atoms with Crippen molar-refractivity contribution in [3.05, 3.63) is 35.4 Å². The van der Waals surface area contributed by atoms with Gasteiger partial charge in [0.1, 0.15) is 0 Å². The molecule has 0 spiro atoms. The van der Waals surface area contributed by atoms with Gasteiger partial charge in [-0.2, -0.15) is 0 Å². The number of carbonyl (C=O) groups excluding carboxylic acids is 1. The largest absolute Gasteiger partial charge is 0.351 e. The Hall–Kier alpha value is -1.39. The quantitative estimate of drug-likeness (QED) is 0.852. The van der Waals surface area contributed by atoms with E-state index in [4.69, 9.17) is 5.73 Å². The summed E-state index contributed by atoms with van der Waals surface area (Å²) < 4.78 is 0. The van der Waals surface area contributed by atoms with Crippen LogP contribution in [0.15, 0.2) is 24.3 Å². The number of amides is 1. The molecular weight excluding hydrogens is 322 g/mol. The van der Waals surface area contributed by atoms with Gasteiger partial charge in [0.25, 0.3) is 0 Å². The second-order valence-corrected chi connectivity index (χ2v) is 9.21. The third-order valence-electron chi connectivity index (χ3n) is 6.31. The van der Waals surface area contributed by atoms with E-state index >= 15 is 0 Å². The monoisotopic (exact) mass is 357 g/mol. The molecule has 0 saturated heterocycles. The number of fused-ring (bicyclic) bond motifs is 1. The van der Waals surface area contributed by atoms with Crippen molar-refractivity contribution in [3.63, 3.8) is 0 Å². The minimum Gasteiger partial charge on any atom is -0.351 e. The van der Waals surface area contributed by atoms with Crippen LogP contribution in [0.1, 0.15) is 51.2 Å². The van der Waals surface area contributed by atoms with Gasteiger partial charge in [0.2, 0.25) is 5.91 Å². The van der Waals surface area contributed by atoms with Gasteiger partial charge in [0.05, 0.1) is 0 Å². The van der Waals surface area contributed by atoms with Crippen LogP contribution in [0.4, 0.5) is 0 Å². The number of carbonyl (C=O) groups is 1. The standard InChI is InChI=1S/C22H35N3O/c1-22(2,3)20(24-21(26)19-10-6-9-17(19)13-23)15-25-12-11-16-7-4-5-8-18(16)14-25/h4-5,7-8,17,19-20H,6,9-15,23H2,1-3H3,(H,24,26)/t17-,19-,20?/m1/s1. The Morgan fingerprint density at radius 2 is 2.00 bits per heavy atom. The first-order chi connectivity index (χ1) is 12.4. The van der Waals surface area contributed by atoms with Crippen molar-refractivity contribution >= 4 is 5.91 Å². The summed E-state index contributed by atoms with van der Waals surface area (Å²) >= 11 is 0. The highest BCUT2D eigenvalue weighted by molar-refractivity contribution is 5.79. The SMILES string of the molecule is CC(C)(C)C(CN1CCc2ccccc2C1)NC(=O)[C@@H]1CCC[C@@H]1CN. The van der Waals surface area contributed by atoms with Gasteiger partial charge >= 0.3 is 0 Å². The summed E-state index contributed by atoms with van der Waals surface area (Å²) in [5.41, 5.74) is 8.81. The van der Waals surface area contributed by atoms with E-state index in [2.05, 4.69) is 55.3 Å². The first-order valence-corrected chi connectivity index (χ1v) is 10.2. The predicted molar refractivity (Wildman–Crippen MR) is 107 cm³/mol. The lowest BCUT2D eigenvalue weighted by Gasteiger charge is -2.38. The third-order valence-corrected chi connectivity index (χ3v) is 6.31. The molecule has 4 heteroatoms. The van der Waals surface area contributed by atoms with E-state index in [1.165, 1.54) is 11.1 Å². The number of nitrogens with two attached hydrogens (primary N) is 1. The maximum atomic E-state index is 12.9. The van der Waals surface area contributed by atoms with E-state index in [0.717, 1.165) is 45.3 Å². The molecule has 144 valence electrons. The van der Waals surface area contributed by atoms with Gasteiger partial charge in [0.15, 0.2) is 0 Å². The van der Waals surface area contributed by atoms with Crippen molar-refractivity contribution in [2.45, 2.75) is 59.0 Å². The molecule has 0 bridgehead atoms. The van der Waals surface area contributed by atoms with Crippen molar-refractivity contribution in [2.24, 2.45) is 23.0 Å². The summed E-state index contributed by atoms with van der Waals surface area (Å²) in [5.74, 6) is 0.680. The topological polar surface area (TPSA) is 58.4 Å². The Kier molecular flexibility index (Phi) is 6.03. The predicted octanol–water partition coefficient (Wildman–Crippen LogP) is 2.95. The Bertz CT molecular complexity index is 622. The highest BCUT2D eigenvalue weighted by Gasteiger charge is 2.36. The lowest BCUT2D eigenvalue weighted by molar-refractivity contribution is -0.127. The van der Waals surface area contributed by atoms with Gasteiger partial charge in [-0.25, -0.2) is 0 Å². The van der Waals surface area contributed by atoms with E-state index < -0.39 is 0 Å². The number of hydrogen-bond acceptors (Lipinski definition) is 3. The molecule has 3 rings (SSSR count). The van der Waals surface area contributed by atoms with Crippen molar-refractivity contribution in [2.75, 3.05) is 19.6 Å². The fourth-order valence-electron chi connectivity index (χ4n) is 4.45. The summed E-state index contributed by atoms with van der Waals surface area (Å²) in [6.45, 7) is 10.3. The second-order valence-electron chi connectivity index (χ2n) is 9.21. The molecule has 1 aromatic carbocycles. The molecule has 4 nitrogen and oxygen atoms in total. The third kappa shape index (κ3) is 4.47. The molecule has 1 aliphatic carbocycles. The molecule has 26 heavy (non-hydrogen) atoms. The number of hydrogen-bond donors (Lipinski definition) is 2. The Labute approximate surface area is 158 Å². The smallest absolute Gasteiger partial charge is 0.223 e. The fourth-order valence-corrected chi connectivity index (χ4v) is 4.45. The van der Waals surface area contributed by atoms with Crippen LogP contribution in [-0.4, -0.2) is 36.5 Å². The normalized spacial score (nSPS) is 24.9. The summed E-state index contributed by atoms with van der Waals surface area (Å²) in [7, 11) is 0. The second kappa shape index (κ2) is 8.10. The van der Waals surface area contributed by atoms with E-state index in [1.54, 1.807) is 0 Å². The van der Waals surface area contributed by atoms with Crippen molar-refractivity contribution in [1.29, 1.82) is 0 Å². The van der Waals surface area contributed by atoms with Gasteiger partial charge in [-0.05, 0) is 48.3 Å². The van der Waals surface area contributed by atoms with Crippen molar-refractivity contribution in [1.82, 2.24) is 10.2 Å². The zero-order valence-electron chi connectivity index (χ0n) is 16.6. The zero-order valence-corrected chi connectivity index (χ0v) is 16.6. The first kappa shape index (κ1) is 19.4. The molecule has 1 aromatic rings. The minimum absolute atomic E-state index is 0.0312. The molecule has 1 unspecified atom stereocenters. The average Bonchev–Trinajstić information content (AvgIpc) is 3.09. The summed E-state index contributed by atoms with van der Waals surface area (Å²) in [6.07, 6.45) is 4.31. The van der Waals surface area contributed by atoms with E-state index in [0.29, 0.717) is 12.5 Å². The molecule has 0 radical (unpaired) electrons. The number of benzene rings is 1. The Morgan fingerprint density at radius 1 is 1.27 bits per heavy atom. The highest BCUT2D eigenvalue weighted by Crippen LogP contribution is 2.32. The number of rotatable bonds is 5. The van der Waals surface area contributed by atoms with Crippen LogP contribution >= 0.6 is 0 Å². The Morgan fingerprint density at radius 3 is 2.69 bits per heavy atom. The lowest BCUT2D eigenvalue weighted by atomic mass is 9.84. The van der Waals surface area contributed by atoms with E-state index in [1.807, 2.05) is 0 Å². The molecule has 3 N–H and O–H groups in total. The zero-order chi connectivity index (χ0) is 18.7. The molecule has 0 aromatic heterocycles. The Balaban J connectivity index is 1.65. The summed E-state index contributed by atoms with van der Waals surface area (Å²) in [4.78, 5) is 15.4. The van der Waals surface area contributed by atoms with Gasteiger partial charge in [-0.1, -0.05) is 51.5 Å². The fraction of sp³-hybridized carbons (Fsp3) is 0.682. The van der Waals surface area contributed by atoms with Crippen molar-refractivity contribution < 1.29 is 4.79 Å². The average molecular weight is 358 g/mol. The van der Waals surface area contributed by atoms with Crippen molar-refractivity contribution in [3.8, 4) is 0 Å². The molecule has 1 heterocycles. The van der Waals surface area contributed by atoms with Crippen LogP contribution in [0.25, 0.3) is 0 Å². The van der Waals surface area contributed by atoms with Gasteiger partial charge in [-0.15, -0.1) is 0 Å². The minimum atomic E-state index is 0.0312. The van der Waals surface area contributed by atoms with E-state index in [-0.39, 0.29) is 23.3 Å². The summed E-state index contributed by atoms with van der Waals surface area (Å²) in [6, 6.07) is 8.87. The molecule has 1 amide bonds. The van der Waals surface area contributed by atoms with Crippen LogP contribution in [0.2, 0.25) is 0 Å². The molecule has 3 atom stereocenters. The van der Waals surface area contributed by atoms with Gasteiger partial charge < -0.3 is 11.1 Å².